The second-order valence-corrected chi connectivity index (χ2v) is 12.1. The van der Waals surface area contributed by atoms with Gasteiger partial charge in [0, 0.05) is 43.0 Å². The SMILES string of the molecule is CC1(C)Cc2c(C(=O)NC3CN4C(N)=N[C@@H](CNC(=O)c5cnccn5)C5N=C(N)N[C@@]54C3(O)O)cccc2C(F)(F)C1. The number of amides is 2. The minimum absolute atomic E-state index is 0.0149. The van der Waals surface area contributed by atoms with Crippen molar-refractivity contribution in [1.29, 1.82) is 0 Å². The van der Waals surface area contributed by atoms with Gasteiger partial charge in [-0.05, 0) is 23.5 Å². The second kappa shape index (κ2) is 9.54. The molecule has 0 bridgehead atoms. The van der Waals surface area contributed by atoms with Gasteiger partial charge in [0.25, 0.3) is 17.7 Å². The number of fused-ring (bicyclic) bond motifs is 1. The van der Waals surface area contributed by atoms with Crippen molar-refractivity contribution in [2.45, 2.75) is 62.2 Å². The molecule has 2 aromatic rings. The first-order chi connectivity index (χ1) is 20.2. The Morgan fingerprint density at radius 1 is 1.16 bits per heavy atom. The summed E-state index contributed by atoms with van der Waals surface area (Å²) in [6.45, 7) is 3.07. The largest absolute Gasteiger partial charge is 0.370 e. The van der Waals surface area contributed by atoms with Gasteiger partial charge in [-0.15, -0.1) is 0 Å². The standard InChI is InChI=1S/C27H32F2N10O4/c1-24(2)8-14-13(4-3-5-15(14)25(28,29)12-24)20(40)36-18-11-39-23(31)35-16(10-34-21(41)17-9-32-6-7-33-17)19-26(39,27(18,42)43)38-22(30)37-19/h3-7,9,16,18-19,42-43H,8,10-12H2,1-2H3,(H2,31,35)(H,34,41)(H,36,40)(H3,30,37,38)/t16-,18?,19?,26-/m0/s1. The molecule has 14 nitrogen and oxygen atoms in total. The highest BCUT2D eigenvalue weighted by atomic mass is 19.3. The number of aliphatic imine (C=N–C) groups is 2. The summed E-state index contributed by atoms with van der Waals surface area (Å²) in [6.07, 6.45) is 3.94. The zero-order valence-corrected chi connectivity index (χ0v) is 23.4. The Morgan fingerprint density at radius 2 is 1.93 bits per heavy atom. The molecule has 2 unspecified atom stereocenters. The maximum absolute atomic E-state index is 15.0. The molecule has 1 spiro atoms. The van der Waals surface area contributed by atoms with Crippen molar-refractivity contribution in [1.82, 2.24) is 30.8 Å². The van der Waals surface area contributed by atoms with Crippen LogP contribution in [0.15, 0.2) is 46.8 Å². The highest BCUT2D eigenvalue weighted by molar-refractivity contribution is 5.97. The summed E-state index contributed by atoms with van der Waals surface area (Å²) in [5, 5.41) is 31.5. The Morgan fingerprint density at radius 3 is 2.65 bits per heavy atom. The highest BCUT2D eigenvalue weighted by Crippen LogP contribution is 2.49. The van der Waals surface area contributed by atoms with Crippen molar-refractivity contribution in [3.05, 3.63) is 59.2 Å². The number of nitrogens with two attached hydrogens (primary N) is 2. The topological polar surface area (TPSA) is 216 Å². The lowest BCUT2D eigenvalue weighted by Crippen LogP contribution is -2.78. The van der Waals surface area contributed by atoms with E-state index in [1.807, 2.05) is 0 Å². The lowest BCUT2D eigenvalue weighted by molar-refractivity contribution is -0.230. The van der Waals surface area contributed by atoms with Crippen LogP contribution in [0.5, 0.6) is 0 Å². The number of hydrogen-bond donors (Lipinski definition) is 7. The Labute approximate surface area is 244 Å². The quantitative estimate of drug-likeness (QED) is 0.203. The van der Waals surface area contributed by atoms with E-state index in [4.69, 9.17) is 11.5 Å². The molecular formula is C27H32F2N10O4. The molecule has 9 N–H and O–H groups in total. The maximum atomic E-state index is 15.0. The van der Waals surface area contributed by atoms with Gasteiger partial charge in [-0.1, -0.05) is 26.0 Å². The van der Waals surface area contributed by atoms with Gasteiger partial charge in [-0.2, -0.15) is 0 Å². The number of carbonyl (C=O) groups is 2. The zero-order chi connectivity index (χ0) is 30.9. The molecule has 43 heavy (non-hydrogen) atoms. The second-order valence-electron chi connectivity index (χ2n) is 12.1. The summed E-state index contributed by atoms with van der Waals surface area (Å²) in [7, 11) is 0. The van der Waals surface area contributed by atoms with Crippen LogP contribution in [-0.2, 0) is 12.3 Å². The van der Waals surface area contributed by atoms with Crippen molar-refractivity contribution in [3.8, 4) is 0 Å². The molecule has 16 heteroatoms. The fraction of sp³-hybridized carbons (Fsp3) is 0.481. The van der Waals surface area contributed by atoms with E-state index in [0.29, 0.717) is 0 Å². The monoisotopic (exact) mass is 598 g/mol. The van der Waals surface area contributed by atoms with Gasteiger partial charge in [0.2, 0.25) is 5.79 Å². The Hall–Kier alpha value is -4.44. The van der Waals surface area contributed by atoms with Crippen molar-refractivity contribution in [2.24, 2.45) is 26.9 Å². The normalized spacial score (nSPS) is 29.3. The summed E-state index contributed by atoms with van der Waals surface area (Å²) in [6, 6.07) is 0.783. The van der Waals surface area contributed by atoms with Crippen LogP contribution in [0, 0.1) is 5.41 Å². The van der Waals surface area contributed by atoms with E-state index >= 15 is 8.78 Å². The van der Waals surface area contributed by atoms with Crippen LogP contribution in [-0.4, -0.2) is 91.5 Å². The van der Waals surface area contributed by atoms with Crippen molar-refractivity contribution < 1.29 is 28.6 Å². The number of nitrogens with one attached hydrogen (secondary N) is 3. The third-order valence-electron chi connectivity index (χ3n) is 8.55. The van der Waals surface area contributed by atoms with Gasteiger partial charge < -0.3 is 42.5 Å². The van der Waals surface area contributed by atoms with Gasteiger partial charge >= 0.3 is 0 Å². The molecule has 0 saturated carbocycles. The third kappa shape index (κ3) is 4.43. The summed E-state index contributed by atoms with van der Waals surface area (Å²) in [5.41, 5.74) is 9.74. The first kappa shape index (κ1) is 28.7. The third-order valence-corrected chi connectivity index (χ3v) is 8.55. The Kier molecular flexibility index (Phi) is 6.36. The molecule has 1 fully saturated rings. The molecule has 0 radical (unpaired) electrons. The van der Waals surface area contributed by atoms with Crippen LogP contribution in [0.3, 0.4) is 0 Å². The summed E-state index contributed by atoms with van der Waals surface area (Å²) in [4.78, 5) is 44.2. The van der Waals surface area contributed by atoms with Gasteiger partial charge in [-0.3, -0.25) is 14.6 Å². The molecule has 4 heterocycles. The van der Waals surface area contributed by atoms with Crippen LogP contribution in [0.25, 0.3) is 0 Å². The Bertz CT molecular complexity index is 1550. The zero-order valence-electron chi connectivity index (χ0n) is 23.4. The number of halogens is 2. The van der Waals surface area contributed by atoms with Gasteiger partial charge in [-0.25, -0.2) is 23.7 Å². The molecule has 1 aromatic heterocycles. The summed E-state index contributed by atoms with van der Waals surface area (Å²) >= 11 is 0. The molecule has 1 aromatic carbocycles. The molecule has 6 rings (SSSR count). The number of rotatable bonds is 5. The number of aromatic nitrogens is 2. The minimum atomic E-state index is -3.13. The highest BCUT2D eigenvalue weighted by Gasteiger charge is 2.73. The van der Waals surface area contributed by atoms with E-state index in [9.17, 15) is 19.8 Å². The fourth-order valence-corrected chi connectivity index (χ4v) is 6.76. The maximum Gasteiger partial charge on any atom is 0.274 e. The van der Waals surface area contributed by atoms with E-state index < -0.39 is 52.7 Å². The molecule has 2 amide bonds. The number of benzene rings is 1. The van der Waals surface area contributed by atoms with Crippen LogP contribution in [0.4, 0.5) is 8.78 Å². The van der Waals surface area contributed by atoms with E-state index in [1.54, 1.807) is 13.8 Å². The number of nitrogens with zero attached hydrogens (tertiary/aromatic N) is 5. The van der Waals surface area contributed by atoms with E-state index in [-0.39, 0.29) is 60.2 Å². The number of alkyl halides is 2. The predicted octanol–water partition coefficient (Wildman–Crippen LogP) is -1.25. The van der Waals surface area contributed by atoms with E-state index in [0.717, 1.165) is 0 Å². The van der Waals surface area contributed by atoms with Crippen molar-refractivity contribution in [3.63, 3.8) is 0 Å². The molecular weight excluding hydrogens is 566 g/mol. The summed E-state index contributed by atoms with van der Waals surface area (Å²) in [5.74, 6) is -7.43. The lowest BCUT2D eigenvalue weighted by atomic mass is 9.71. The predicted molar refractivity (Wildman–Crippen MR) is 149 cm³/mol. The number of carbonyl (C=O) groups excluding carboxylic acids is 2. The molecule has 1 saturated heterocycles. The van der Waals surface area contributed by atoms with Crippen LogP contribution in [0.2, 0.25) is 0 Å². The van der Waals surface area contributed by atoms with Crippen LogP contribution < -0.4 is 27.4 Å². The Balaban J connectivity index is 1.28. The van der Waals surface area contributed by atoms with Gasteiger partial charge in [0.1, 0.15) is 17.8 Å². The number of hydrogen-bond acceptors (Lipinski definition) is 12. The summed E-state index contributed by atoms with van der Waals surface area (Å²) < 4.78 is 30.1. The number of aliphatic hydroxyl groups is 2. The molecule has 4 aliphatic rings. The fourth-order valence-electron chi connectivity index (χ4n) is 6.76. The van der Waals surface area contributed by atoms with Crippen LogP contribution >= 0.6 is 0 Å². The van der Waals surface area contributed by atoms with Crippen molar-refractivity contribution >= 4 is 23.7 Å². The van der Waals surface area contributed by atoms with E-state index in [2.05, 4.69) is 35.9 Å². The first-order valence-corrected chi connectivity index (χ1v) is 13.7. The number of guanidine groups is 2. The average molecular weight is 599 g/mol. The van der Waals surface area contributed by atoms with Gasteiger partial charge in [0.15, 0.2) is 17.6 Å². The molecule has 1 aliphatic carbocycles. The van der Waals surface area contributed by atoms with Crippen LogP contribution in [0.1, 0.15) is 52.2 Å². The molecule has 228 valence electrons. The van der Waals surface area contributed by atoms with Crippen molar-refractivity contribution in [2.75, 3.05) is 13.1 Å². The first-order valence-electron chi connectivity index (χ1n) is 13.7. The molecule has 4 atom stereocenters. The lowest BCUT2D eigenvalue weighted by Gasteiger charge is -2.49. The molecule has 3 aliphatic heterocycles. The van der Waals surface area contributed by atoms with Gasteiger partial charge in [0.05, 0.1) is 12.2 Å². The minimum Gasteiger partial charge on any atom is -0.370 e. The smallest absolute Gasteiger partial charge is 0.274 e. The van der Waals surface area contributed by atoms with E-state index in [1.165, 1.54) is 41.7 Å². The average Bonchev–Trinajstić information content (AvgIpc) is 3.40.